The molecule has 0 spiro atoms. The molecular formula is C13H16O. The first-order valence-corrected chi connectivity index (χ1v) is 5.16. The summed E-state index contributed by atoms with van der Waals surface area (Å²) in [5.74, 6) is 0. The highest BCUT2D eigenvalue weighted by Crippen LogP contribution is 2.46. The molecule has 0 heterocycles. The molecule has 1 N–H and O–H groups in total. The summed E-state index contributed by atoms with van der Waals surface area (Å²) in [6.45, 7) is 3.68. The van der Waals surface area contributed by atoms with Gasteiger partial charge in [-0.05, 0) is 18.4 Å². The zero-order valence-corrected chi connectivity index (χ0v) is 8.32. The lowest BCUT2D eigenvalue weighted by atomic mass is 9.61. The maximum atomic E-state index is 9.96. The van der Waals surface area contributed by atoms with E-state index in [0.29, 0.717) is 0 Å². The molecule has 1 aliphatic carbocycles. The quantitative estimate of drug-likeness (QED) is 0.723. The summed E-state index contributed by atoms with van der Waals surface area (Å²) in [6, 6.07) is 10.3. The van der Waals surface area contributed by atoms with Crippen molar-refractivity contribution in [2.45, 2.75) is 30.8 Å². The number of rotatable bonds is 3. The summed E-state index contributed by atoms with van der Waals surface area (Å²) in [4.78, 5) is 0. The van der Waals surface area contributed by atoms with Crippen molar-refractivity contribution in [2.24, 2.45) is 0 Å². The number of aliphatic hydroxyl groups is 1. The first-order valence-electron chi connectivity index (χ1n) is 5.16. The van der Waals surface area contributed by atoms with Crippen LogP contribution in [0.1, 0.15) is 24.8 Å². The molecule has 1 aromatic carbocycles. The summed E-state index contributed by atoms with van der Waals surface area (Å²) in [7, 11) is 0. The lowest BCUT2D eigenvalue weighted by molar-refractivity contribution is 0.0630. The third-order valence-electron chi connectivity index (χ3n) is 3.38. The van der Waals surface area contributed by atoms with Gasteiger partial charge in [0.1, 0.15) is 0 Å². The zero-order chi connectivity index (χ0) is 10.0. The van der Waals surface area contributed by atoms with Crippen molar-refractivity contribution in [1.29, 1.82) is 0 Å². The first-order chi connectivity index (χ1) is 6.79. The highest BCUT2D eigenvalue weighted by atomic mass is 16.3. The fourth-order valence-corrected chi connectivity index (χ4v) is 2.31. The molecule has 1 aromatic rings. The maximum Gasteiger partial charge on any atom is 0.0814 e. The van der Waals surface area contributed by atoms with Gasteiger partial charge in [0, 0.05) is 5.41 Å². The molecule has 1 atom stereocenters. The summed E-state index contributed by atoms with van der Waals surface area (Å²) in [6.07, 6.45) is 4.61. The highest BCUT2D eigenvalue weighted by molar-refractivity contribution is 5.31. The average molecular weight is 188 g/mol. The van der Waals surface area contributed by atoms with Crippen LogP contribution in [0.4, 0.5) is 0 Å². The van der Waals surface area contributed by atoms with Crippen LogP contribution in [0.3, 0.4) is 0 Å². The summed E-state index contributed by atoms with van der Waals surface area (Å²) < 4.78 is 0. The Bertz CT molecular complexity index is 311. The van der Waals surface area contributed by atoms with Crippen LogP contribution >= 0.6 is 0 Å². The van der Waals surface area contributed by atoms with Crippen molar-refractivity contribution in [3.63, 3.8) is 0 Å². The Balaban J connectivity index is 2.33. The maximum absolute atomic E-state index is 9.96. The molecule has 1 heteroatoms. The second-order valence-corrected chi connectivity index (χ2v) is 4.06. The van der Waals surface area contributed by atoms with E-state index in [0.717, 1.165) is 12.8 Å². The lowest BCUT2D eigenvalue weighted by Gasteiger charge is -2.45. The minimum Gasteiger partial charge on any atom is -0.388 e. The summed E-state index contributed by atoms with van der Waals surface area (Å²) in [5.41, 5.74) is 1.21. The number of hydrogen-bond donors (Lipinski definition) is 1. The molecule has 1 saturated carbocycles. The number of benzene rings is 1. The van der Waals surface area contributed by atoms with Crippen LogP contribution in [-0.4, -0.2) is 11.2 Å². The van der Waals surface area contributed by atoms with E-state index in [1.54, 1.807) is 6.08 Å². The SMILES string of the molecule is C=CC(O)C1(c2ccccc2)CCC1. The van der Waals surface area contributed by atoms with Crippen LogP contribution in [0.2, 0.25) is 0 Å². The largest absolute Gasteiger partial charge is 0.388 e. The zero-order valence-electron chi connectivity index (χ0n) is 8.32. The molecule has 1 unspecified atom stereocenters. The van der Waals surface area contributed by atoms with Crippen LogP contribution in [0.25, 0.3) is 0 Å². The van der Waals surface area contributed by atoms with Crippen molar-refractivity contribution in [2.75, 3.05) is 0 Å². The monoisotopic (exact) mass is 188 g/mol. The molecule has 1 fully saturated rings. The van der Waals surface area contributed by atoms with Crippen molar-refractivity contribution in [3.8, 4) is 0 Å². The first kappa shape index (κ1) is 9.47. The topological polar surface area (TPSA) is 20.2 Å². The Morgan fingerprint density at radius 2 is 1.93 bits per heavy atom. The van der Waals surface area contributed by atoms with E-state index >= 15 is 0 Å². The number of hydrogen-bond acceptors (Lipinski definition) is 1. The minimum atomic E-state index is -0.404. The smallest absolute Gasteiger partial charge is 0.0814 e. The van der Waals surface area contributed by atoms with Crippen LogP contribution in [0.15, 0.2) is 43.0 Å². The summed E-state index contributed by atoms with van der Waals surface area (Å²) >= 11 is 0. The molecule has 2 rings (SSSR count). The molecule has 1 aliphatic rings. The molecule has 0 aromatic heterocycles. The van der Waals surface area contributed by atoms with Gasteiger partial charge in [-0.1, -0.05) is 42.8 Å². The fourth-order valence-electron chi connectivity index (χ4n) is 2.31. The Labute approximate surface area is 85.1 Å². The van der Waals surface area contributed by atoms with Crippen molar-refractivity contribution in [3.05, 3.63) is 48.6 Å². The van der Waals surface area contributed by atoms with Gasteiger partial charge >= 0.3 is 0 Å². The number of aliphatic hydroxyl groups excluding tert-OH is 1. The predicted molar refractivity (Wildman–Crippen MR) is 58.2 cm³/mol. The Kier molecular flexibility index (Phi) is 2.42. The molecule has 0 radical (unpaired) electrons. The van der Waals surface area contributed by atoms with Gasteiger partial charge in [0.25, 0.3) is 0 Å². The van der Waals surface area contributed by atoms with E-state index < -0.39 is 6.10 Å². The van der Waals surface area contributed by atoms with Crippen LogP contribution < -0.4 is 0 Å². The molecular weight excluding hydrogens is 172 g/mol. The lowest BCUT2D eigenvalue weighted by Crippen LogP contribution is -2.44. The van der Waals surface area contributed by atoms with Gasteiger partial charge in [-0.15, -0.1) is 6.58 Å². The normalized spacial score (nSPS) is 20.9. The van der Waals surface area contributed by atoms with Crippen LogP contribution in [0, 0.1) is 0 Å². The summed E-state index contributed by atoms with van der Waals surface area (Å²) in [5, 5.41) is 9.96. The van der Waals surface area contributed by atoms with Gasteiger partial charge in [-0.25, -0.2) is 0 Å². The third-order valence-corrected chi connectivity index (χ3v) is 3.38. The molecule has 0 amide bonds. The Morgan fingerprint density at radius 3 is 2.36 bits per heavy atom. The highest BCUT2D eigenvalue weighted by Gasteiger charge is 2.43. The van der Waals surface area contributed by atoms with E-state index in [1.165, 1.54) is 12.0 Å². The fraction of sp³-hybridized carbons (Fsp3) is 0.385. The molecule has 0 bridgehead atoms. The van der Waals surface area contributed by atoms with Gasteiger partial charge in [0.2, 0.25) is 0 Å². The second kappa shape index (κ2) is 3.58. The van der Waals surface area contributed by atoms with E-state index in [4.69, 9.17) is 0 Å². The van der Waals surface area contributed by atoms with Gasteiger partial charge in [-0.2, -0.15) is 0 Å². The van der Waals surface area contributed by atoms with Gasteiger partial charge in [-0.3, -0.25) is 0 Å². The van der Waals surface area contributed by atoms with Gasteiger partial charge in [0.15, 0.2) is 0 Å². The molecule has 0 saturated heterocycles. The molecule has 0 aliphatic heterocycles. The molecule has 1 nitrogen and oxygen atoms in total. The minimum absolute atomic E-state index is 0.0387. The Hall–Kier alpha value is -1.08. The average Bonchev–Trinajstić information content (AvgIpc) is 2.17. The van der Waals surface area contributed by atoms with Crippen molar-refractivity contribution < 1.29 is 5.11 Å². The molecule has 14 heavy (non-hydrogen) atoms. The van der Waals surface area contributed by atoms with E-state index in [2.05, 4.69) is 18.7 Å². The van der Waals surface area contributed by atoms with Gasteiger partial charge < -0.3 is 5.11 Å². The third kappa shape index (κ3) is 1.28. The predicted octanol–water partition coefficient (Wildman–Crippen LogP) is 2.66. The molecule has 74 valence electrons. The van der Waals surface area contributed by atoms with E-state index in [9.17, 15) is 5.11 Å². The standard InChI is InChI=1S/C13H16O/c1-2-12(14)13(9-6-10-13)11-7-4-3-5-8-11/h2-5,7-8,12,14H,1,6,9-10H2. The Morgan fingerprint density at radius 1 is 1.29 bits per heavy atom. The van der Waals surface area contributed by atoms with Crippen molar-refractivity contribution >= 4 is 0 Å². The second-order valence-electron chi connectivity index (χ2n) is 4.06. The van der Waals surface area contributed by atoms with Gasteiger partial charge in [0.05, 0.1) is 6.10 Å². The van der Waals surface area contributed by atoms with Crippen LogP contribution in [0.5, 0.6) is 0 Å². The van der Waals surface area contributed by atoms with E-state index in [1.807, 2.05) is 18.2 Å². The van der Waals surface area contributed by atoms with E-state index in [-0.39, 0.29) is 5.41 Å². The van der Waals surface area contributed by atoms with Crippen molar-refractivity contribution in [1.82, 2.24) is 0 Å². The van der Waals surface area contributed by atoms with Crippen LogP contribution in [-0.2, 0) is 5.41 Å².